The zero-order chi connectivity index (χ0) is 14.4. The number of hydrogen-bond donors (Lipinski definition) is 3. The first-order chi connectivity index (χ1) is 9.72. The van der Waals surface area contributed by atoms with Gasteiger partial charge in [-0.2, -0.15) is 0 Å². The SMILES string of the molecule is CC(NC(c1ccccc1)c1ccccc1)C(O)CO. The minimum absolute atomic E-state index is 0.00593. The van der Waals surface area contributed by atoms with Gasteiger partial charge in [0.25, 0.3) is 0 Å². The lowest BCUT2D eigenvalue weighted by Gasteiger charge is -2.26. The lowest BCUT2D eigenvalue weighted by molar-refractivity contribution is 0.0657. The third-order valence-electron chi connectivity index (χ3n) is 3.46. The molecule has 2 atom stereocenters. The van der Waals surface area contributed by atoms with Gasteiger partial charge in [-0.3, -0.25) is 0 Å². The van der Waals surface area contributed by atoms with Crippen LogP contribution in [0.25, 0.3) is 0 Å². The molecule has 0 spiro atoms. The van der Waals surface area contributed by atoms with Crippen LogP contribution in [0.2, 0.25) is 0 Å². The van der Waals surface area contributed by atoms with Gasteiger partial charge < -0.3 is 15.5 Å². The second-order valence-corrected chi connectivity index (χ2v) is 4.96. The van der Waals surface area contributed by atoms with Crippen molar-refractivity contribution in [2.75, 3.05) is 6.61 Å². The van der Waals surface area contributed by atoms with Crippen molar-refractivity contribution in [1.29, 1.82) is 0 Å². The summed E-state index contributed by atoms with van der Waals surface area (Å²) in [6, 6.07) is 20.0. The highest BCUT2D eigenvalue weighted by Crippen LogP contribution is 2.22. The zero-order valence-electron chi connectivity index (χ0n) is 11.6. The third kappa shape index (κ3) is 3.67. The molecular formula is C17H21NO2. The predicted octanol–water partition coefficient (Wildman–Crippen LogP) is 2.11. The van der Waals surface area contributed by atoms with Crippen molar-refractivity contribution in [3.05, 3.63) is 71.8 Å². The maximum Gasteiger partial charge on any atom is 0.0921 e. The fourth-order valence-electron chi connectivity index (χ4n) is 2.21. The Balaban J connectivity index is 2.26. The lowest BCUT2D eigenvalue weighted by atomic mass is 9.97. The van der Waals surface area contributed by atoms with E-state index in [-0.39, 0.29) is 18.7 Å². The largest absolute Gasteiger partial charge is 0.394 e. The first-order valence-electron chi connectivity index (χ1n) is 6.87. The third-order valence-corrected chi connectivity index (χ3v) is 3.46. The highest BCUT2D eigenvalue weighted by Gasteiger charge is 2.20. The number of hydrogen-bond acceptors (Lipinski definition) is 3. The smallest absolute Gasteiger partial charge is 0.0921 e. The molecule has 0 fully saturated rings. The molecule has 2 aromatic rings. The summed E-state index contributed by atoms with van der Waals surface area (Å²) in [6.07, 6.45) is -0.773. The first-order valence-corrected chi connectivity index (χ1v) is 6.87. The van der Waals surface area contributed by atoms with E-state index in [1.807, 2.05) is 43.3 Å². The van der Waals surface area contributed by atoms with Crippen molar-refractivity contribution >= 4 is 0 Å². The van der Waals surface area contributed by atoms with E-state index in [1.54, 1.807) is 0 Å². The van der Waals surface area contributed by atoms with E-state index < -0.39 is 6.10 Å². The molecule has 20 heavy (non-hydrogen) atoms. The number of nitrogens with one attached hydrogen (secondary N) is 1. The normalized spacial score (nSPS) is 14.2. The molecule has 0 aliphatic heterocycles. The molecule has 0 bridgehead atoms. The van der Waals surface area contributed by atoms with Crippen LogP contribution in [0.5, 0.6) is 0 Å². The molecule has 0 aliphatic carbocycles. The molecule has 3 heteroatoms. The van der Waals surface area contributed by atoms with Gasteiger partial charge in [-0.05, 0) is 18.1 Å². The summed E-state index contributed by atoms with van der Waals surface area (Å²) >= 11 is 0. The molecule has 0 amide bonds. The number of benzene rings is 2. The highest BCUT2D eigenvalue weighted by molar-refractivity contribution is 5.31. The van der Waals surface area contributed by atoms with Gasteiger partial charge in [-0.15, -0.1) is 0 Å². The molecule has 0 saturated carbocycles. The summed E-state index contributed by atoms with van der Waals surface area (Å²) in [6.45, 7) is 1.63. The van der Waals surface area contributed by atoms with Crippen molar-refractivity contribution < 1.29 is 10.2 Å². The average Bonchev–Trinajstić information content (AvgIpc) is 2.53. The van der Waals surface area contributed by atoms with Crippen LogP contribution >= 0.6 is 0 Å². The Hall–Kier alpha value is -1.68. The number of aliphatic hydroxyl groups is 2. The van der Waals surface area contributed by atoms with E-state index in [4.69, 9.17) is 5.11 Å². The minimum Gasteiger partial charge on any atom is -0.394 e. The standard InChI is InChI=1S/C17H21NO2/c1-13(16(20)12-19)18-17(14-8-4-2-5-9-14)15-10-6-3-7-11-15/h2-11,13,16-20H,12H2,1H3. The Bertz CT molecular complexity index is 461. The fourth-order valence-corrected chi connectivity index (χ4v) is 2.21. The lowest BCUT2D eigenvalue weighted by Crippen LogP contribution is -2.41. The van der Waals surface area contributed by atoms with Gasteiger partial charge >= 0.3 is 0 Å². The molecule has 2 rings (SSSR count). The van der Waals surface area contributed by atoms with E-state index in [1.165, 1.54) is 0 Å². The summed E-state index contributed by atoms with van der Waals surface area (Å²) in [5.74, 6) is 0. The van der Waals surface area contributed by atoms with E-state index in [0.717, 1.165) is 11.1 Å². The Kier molecular flexibility index (Phi) is 5.30. The van der Waals surface area contributed by atoms with E-state index in [0.29, 0.717) is 0 Å². The summed E-state index contributed by atoms with van der Waals surface area (Å²) in [5, 5.41) is 22.2. The van der Waals surface area contributed by atoms with Crippen LogP contribution < -0.4 is 5.32 Å². The highest BCUT2D eigenvalue weighted by atomic mass is 16.3. The van der Waals surface area contributed by atoms with Gasteiger partial charge in [-0.25, -0.2) is 0 Å². The van der Waals surface area contributed by atoms with Gasteiger partial charge in [0.2, 0.25) is 0 Å². The average molecular weight is 271 g/mol. The minimum atomic E-state index is -0.773. The first kappa shape index (κ1) is 14.7. The van der Waals surface area contributed by atoms with Crippen molar-refractivity contribution in [1.82, 2.24) is 5.32 Å². The Morgan fingerprint density at radius 3 is 1.75 bits per heavy atom. The summed E-state index contributed by atoms with van der Waals surface area (Å²) in [5.41, 5.74) is 2.27. The van der Waals surface area contributed by atoms with Crippen molar-refractivity contribution in [2.24, 2.45) is 0 Å². The van der Waals surface area contributed by atoms with Crippen LogP contribution in [0.4, 0.5) is 0 Å². The van der Waals surface area contributed by atoms with Crippen molar-refractivity contribution in [3.8, 4) is 0 Å². The molecule has 3 nitrogen and oxygen atoms in total. The van der Waals surface area contributed by atoms with Gasteiger partial charge in [0.1, 0.15) is 0 Å². The van der Waals surface area contributed by atoms with E-state index in [9.17, 15) is 5.11 Å². The molecule has 2 aromatic carbocycles. The summed E-state index contributed by atoms with van der Waals surface area (Å²) in [4.78, 5) is 0. The second-order valence-electron chi connectivity index (χ2n) is 4.96. The Labute approximate surface area is 119 Å². The predicted molar refractivity (Wildman–Crippen MR) is 80.4 cm³/mol. The van der Waals surface area contributed by atoms with Crippen LogP contribution in [0.1, 0.15) is 24.1 Å². The molecule has 0 saturated heterocycles. The quantitative estimate of drug-likeness (QED) is 0.754. The van der Waals surface area contributed by atoms with Gasteiger partial charge in [-0.1, -0.05) is 60.7 Å². The maximum atomic E-state index is 9.76. The summed E-state index contributed by atoms with van der Waals surface area (Å²) < 4.78 is 0. The Morgan fingerprint density at radius 2 is 1.35 bits per heavy atom. The maximum absolute atomic E-state index is 9.76. The van der Waals surface area contributed by atoms with Gasteiger partial charge in [0.15, 0.2) is 0 Å². The van der Waals surface area contributed by atoms with E-state index >= 15 is 0 Å². The molecule has 0 aliphatic rings. The van der Waals surface area contributed by atoms with Gasteiger partial charge in [0.05, 0.1) is 18.8 Å². The molecule has 106 valence electrons. The Morgan fingerprint density at radius 1 is 0.900 bits per heavy atom. The number of rotatable bonds is 6. The topological polar surface area (TPSA) is 52.5 Å². The summed E-state index contributed by atoms with van der Waals surface area (Å²) in [7, 11) is 0. The molecular weight excluding hydrogens is 250 g/mol. The van der Waals surface area contributed by atoms with Crippen LogP contribution in [0.3, 0.4) is 0 Å². The van der Waals surface area contributed by atoms with Crippen LogP contribution in [0, 0.1) is 0 Å². The monoisotopic (exact) mass is 271 g/mol. The van der Waals surface area contributed by atoms with Crippen LogP contribution in [-0.2, 0) is 0 Å². The molecule has 2 unspecified atom stereocenters. The van der Waals surface area contributed by atoms with Gasteiger partial charge in [0, 0.05) is 6.04 Å². The molecule has 0 heterocycles. The van der Waals surface area contributed by atoms with E-state index in [2.05, 4.69) is 29.6 Å². The van der Waals surface area contributed by atoms with Crippen LogP contribution in [-0.4, -0.2) is 29.0 Å². The molecule has 0 aromatic heterocycles. The fraction of sp³-hybridized carbons (Fsp3) is 0.294. The van der Waals surface area contributed by atoms with Crippen molar-refractivity contribution in [2.45, 2.75) is 25.1 Å². The molecule has 0 radical (unpaired) electrons. The second kappa shape index (κ2) is 7.20. The number of aliphatic hydroxyl groups excluding tert-OH is 2. The van der Waals surface area contributed by atoms with Crippen molar-refractivity contribution in [3.63, 3.8) is 0 Å². The molecule has 3 N–H and O–H groups in total. The zero-order valence-corrected chi connectivity index (χ0v) is 11.6. The van der Waals surface area contributed by atoms with Crippen LogP contribution in [0.15, 0.2) is 60.7 Å².